The number of imidazole rings is 1. The summed E-state index contributed by atoms with van der Waals surface area (Å²) in [5, 5.41) is 13.7. The Balaban J connectivity index is 2.60. The van der Waals surface area contributed by atoms with E-state index in [0.717, 1.165) is 12.2 Å². The van der Waals surface area contributed by atoms with Gasteiger partial charge in [-0.1, -0.05) is 6.92 Å². The van der Waals surface area contributed by atoms with Crippen LogP contribution in [0.1, 0.15) is 29.5 Å². The van der Waals surface area contributed by atoms with Crippen molar-refractivity contribution in [2.45, 2.75) is 19.8 Å². The number of hydrogen-bond acceptors (Lipinski definition) is 4. The summed E-state index contributed by atoms with van der Waals surface area (Å²) in [7, 11) is 1.52. The second-order valence-corrected chi connectivity index (χ2v) is 4.50. The number of amides is 1. The van der Waals surface area contributed by atoms with Gasteiger partial charge < -0.3 is 5.32 Å². The highest BCUT2D eigenvalue weighted by Gasteiger charge is 2.19. The molecule has 2 aromatic rings. The molecule has 7 heteroatoms. The molecule has 1 aromatic carbocycles. The summed E-state index contributed by atoms with van der Waals surface area (Å²) >= 11 is 0. The lowest BCUT2D eigenvalue weighted by molar-refractivity contribution is -0.384. The first-order valence-electron chi connectivity index (χ1n) is 6.61. The molecule has 0 aliphatic carbocycles. The van der Waals surface area contributed by atoms with Gasteiger partial charge >= 0.3 is 0 Å². The smallest absolute Gasteiger partial charge is 0.293 e. The largest absolute Gasteiger partial charge is 0.355 e. The third kappa shape index (κ3) is 2.91. The van der Waals surface area contributed by atoms with Crippen LogP contribution in [0.4, 0.5) is 5.69 Å². The quantitative estimate of drug-likeness (QED) is 0.673. The van der Waals surface area contributed by atoms with E-state index >= 15 is 0 Å². The number of hydrogen-bond donors (Lipinski definition) is 1. The second-order valence-electron chi connectivity index (χ2n) is 4.50. The van der Waals surface area contributed by atoms with E-state index < -0.39 is 4.92 Å². The topological polar surface area (TPSA) is 90.1 Å². The lowest BCUT2D eigenvalue weighted by Crippen LogP contribution is -2.18. The molecule has 1 N–H and O–H groups in total. The average Bonchev–Trinajstić information content (AvgIpc) is 2.94. The highest BCUT2D eigenvalue weighted by atomic mass is 16.6. The third-order valence-electron chi connectivity index (χ3n) is 3.11. The molecule has 0 saturated carbocycles. The summed E-state index contributed by atoms with van der Waals surface area (Å²) < 4.78 is 1.66. The number of carbonyl (C=O) groups excluding carboxylic acids is 1. The third-order valence-corrected chi connectivity index (χ3v) is 3.11. The van der Waals surface area contributed by atoms with Gasteiger partial charge in [-0.25, -0.2) is 4.98 Å². The van der Waals surface area contributed by atoms with Crippen LogP contribution in [0.3, 0.4) is 0 Å². The number of aromatic nitrogens is 2. The fourth-order valence-electron chi connectivity index (χ4n) is 2.12. The molecule has 0 aliphatic heterocycles. The molecule has 1 heterocycles. The predicted octanol–water partition coefficient (Wildman–Crippen LogP) is 2.09. The van der Waals surface area contributed by atoms with E-state index in [-0.39, 0.29) is 11.6 Å². The minimum absolute atomic E-state index is 0.0574. The lowest BCUT2D eigenvalue weighted by Gasteiger charge is -2.09. The molecule has 21 heavy (non-hydrogen) atoms. The maximum absolute atomic E-state index is 11.7. The normalized spacial score (nSPS) is 10.4. The predicted molar refractivity (Wildman–Crippen MR) is 77.6 cm³/mol. The van der Waals surface area contributed by atoms with E-state index in [4.69, 9.17) is 0 Å². The van der Waals surface area contributed by atoms with Crippen LogP contribution in [0.15, 0.2) is 30.6 Å². The summed E-state index contributed by atoms with van der Waals surface area (Å²) in [4.78, 5) is 26.7. The average molecular weight is 288 g/mol. The highest BCUT2D eigenvalue weighted by molar-refractivity contribution is 5.95. The van der Waals surface area contributed by atoms with Gasteiger partial charge in [-0.15, -0.1) is 0 Å². The first-order chi connectivity index (χ1) is 10.1. The highest BCUT2D eigenvalue weighted by Crippen LogP contribution is 2.25. The Hall–Kier alpha value is -2.70. The number of nitro benzene ring substituents is 1. The van der Waals surface area contributed by atoms with Crippen LogP contribution >= 0.6 is 0 Å². The van der Waals surface area contributed by atoms with Crippen molar-refractivity contribution in [1.82, 2.24) is 14.9 Å². The number of carbonyl (C=O) groups is 1. The van der Waals surface area contributed by atoms with Crippen molar-refractivity contribution < 1.29 is 9.72 Å². The van der Waals surface area contributed by atoms with E-state index in [2.05, 4.69) is 10.3 Å². The van der Waals surface area contributed by atoms with E-state index in [0.29, 0.717) is 17.7 Å². The Morgan fingerprint density at radius 2 is 2.24 bits per heavy atom. The van der Waals surface area contributed by atoms with Crippen molar-refractivity contribution in [2.75, 3.05) is 7.05 Å². The molecular formula is C14H16N4O3. The maximum Gasteiger partial charge on any atom is 0.293 e. The molecular weight excluding hydrogens is 272 g/mol. The zero-order valence-electron chi connectivity index (χ0n) is 11.9. The van der Waals surface area contributed by atoms with Crippen LogP contribution < -0.4 is 5.32 Å². The van der Waals surface area contributed by atoms with E-state index in [1.165, 1.54) is 25.2 Å². The number of nitro groups is 1. The van der Waals surface area contributed by atoms with Gasteiger partial charge in [0, 0.05) is 37.5 Å². The number of aryl methyl sites for hydroxylation is 1. The molecule has 0 bridgehead atoms. The van der Waals surface area contributed by atoms with Gasteiger partial charge in [0.25, 0.3) is 11.6 Å². The molecule has 0 atom stereocenters. The van der Waals surface area contributed by atoms with Gasteiger partial charge in [-0.05, 0) is 18.6 Å². The molecule has 1 amide bonds. The van der Waals surface area contributed by atoms with Crippen LogP contribution in [0, 0.1) is 10.1 Å². The van der Waals surface area contributed by atoms with Gasteiger partial charge in [0.15, 0.2) is 0 Å². The zero-order chi connectivity index (χ0) is 15.4. The lowest BCUT2D eigenvalue weighted by atomic mass is 10.1. The molecule has 0 aliphatic rings. The summed E-state index contributed by atoms with van der Waals surface area (Å²) in [6, 6.07) is 4.30. The Kier molecular flexibility index (Phi) is 4.32. The Bertz CT molecular complexity index is 679. The molecule has 0 unspecified atom stereocenters. The van der Waals surface area contributed by atoms with E-state index in [1.54, 1.807) is 17.0 Å². The first kappa shape index (κ1) is 14.7. The molecule has 0 radical (unpaired) electrons. The van der Waals surface area contributed by atoms with Crippen LogP contribution in [-0.2, 0) is 6.42 Å². The fraction of sp³-hybridized carbons (Fsp3) is 0.286. The summed E-state index contributed by atoms with van der Waals surface area (Å²) in [6.45, 7) is 2.01. The number of nitrogens with zero attached hydrogens (tertiary/aromatic N) is 3. The molecule has 0 saturated heterocycles. The van der Waals surface area contributed by atoms with Crippen molar-refractivity contribution in [2.24, 2.45) is 0 Å². The number of benzene rings is 1. The van der Waals surface area contributed by atoms with Gasteiger partial charge in [0.1, 0.15) is 11.5 Å². The van der Waals surface area contributed by atoms with Crippen LogP contribution in [0.5, 0.6) is 0 Å². The Labute approximate surface area is 121 Å². The van der Waals surface area contributed by atoms with Crippen molar-refractivity contribution in [1.29, 1.82) is 0 Å². The standard InChI is InChI=1S/C14H16N4O3/c1-3-4-13-16-7-8-17(13)12-9-10(14(19)15-2)5-6-11(12)18(20)21/h5-9H,3-4H2,1-2H3,(H,15,19). The van der Waals surface area contributed by atoms with Crippen molar-refractivity contribution >= 4 is 11.6 Å². The Morgan fingerprint density at radius 1 is 1.48 bits per heavy atom. The Morgan fingerprint density at radius 3 is 2.86 bits per heavy atom. The van der Waals surface area contributed by atoms with Crippen LogP contribution in [0.25, 0.3) is 5.69 Å². The molecule has 7 nitrogen and oxygen atoms in total. The molecule has 110 valence electrons. The first-order valence-corrected chi connectivity index (χ1v) is 6.61. The zero-order valence-corrected chi connectivity index (χ0v) is 11.9. The van der Waals surface area contributed by atoms with Gasteiger partial charge in [0.05, 0.1) is 4.92 Å². The number of nitrogens with one attached hydrogen (secondary N) is 1. The van der Waals surface area contributed by atoms with Gasteiger partial charge in [0.2, 0.25) is 0 Å². The number of rotatable bonds is 5. The maximum atomic E-state index is 11.7. The summed E-state index contributed by atoms with van der Waals surface area (Å²) in [5.74, 6) is 0.443. The molecule has 0 fully saturated rings. The monoisotopic (exact) mass is 288 g/mol. The SMILES string of the molecule is CCCc1nccn1-c1cc(C(=O)NC)ccc1[N+](=O)[O-]. The molecule has 2 rings (SSSR count). The van der Waals surface area contributed by atoms with Crippen molar-refractivity contribution in [3.63, 3.8) is 0 Å². The van der Waals surface area contributed by atoms with Crippen molar-refractivity contribution in [3.8, 4) is 5.69 Å². The van der Waals surface area contributed by atoms with Gasteiger partial charge in [-0.3, -0.25) is 19.5 Å². The summed E-state index contributed by atoms with van der Waals surface area (Å²) in [6.07, 6.45) is 4.84. The summed E-state index contributed by atoms with van der Waals surface area (Å²) in [5.41, 5.74) is 0.661. The molecule has 1 aromatic heterocycles. The van der Waals surface area contributed by atoms with Gasteiger partial charge in [-0.2, -0.15) is 0 Å². The van der Waals surface area contributed by atoms with E-state index in [9.17, 15) is 14.9 Å². The van der Waals surface area contributed by atoms with Crippen LogP contribution in [0.2, 0.25) is 0 Å². The second kappa shape index (κ2) is 6.17. The van der Waals surface area contributed by atoms with Crippen molar-refractivity contribution in [3.05, 3.63) is 52.1 Å². The molecule has 0 spiro atoms. The van der Waals surface area contributed by atoms with Crippen LogP contribution in [-0.4, -0.2) is 27.4 Å². The fourth-order valence-corrected chi connectivity index (χ4v) is 2.12. The minimum atomic E-state index is -0.460. The minimum Gasteiger partial charge on any atom is -0.355 e. The van der Waals surface area contributed by atoms with E-state index in [1.807, 2.05) is 6.92 Å².